The van der Waals surface area contributed by atoms with Gasteiger partial charge in [0.15, 0.2) is 16.6 Å². The molecule has 7 nitrogen and oxygen atoms in total. The van der Waals surface area contributed by atoms with Crippen LogP contribution in [0.4, 0.5) is 13.9 Å². The molecule has 3 aromatic carbocycles. The van der Waals surface area contributed by atoms with Crippen molar-refractivity contribution in [2.45, 2.75) is 6.04 Å². The molecule has 0 saturated carbocycles. The van der Waals surface area contributed by atoms with Gasteiger partial charge in [-0.15, -0.1) is 0 Å². The first kappa shape index (κ1) is 22.2. The van der Waals surface area contributed by atoms with Crippen LogP contribution in [0.25, 0.3) is 16.0 Å². The van der Waals surface area contributed by atoms with E-state index in [-0.39, 0.29) is 21.8 Å². The topological polar surface area (TPSA) is 89.0 Å². The number of hydrogen-bond donors (Lipinski definition) is 1. The monoisotopic (exact) mass is 506 g/mol. The van der Waals surface area contributed by atoms with Crippen LogP contribution >= 0.6 is 11.3 Å². The minimum absolute atomic E-state index is 0.119. The molecule has 3 heterocycles. The van der Waals surface area contributed by atoms with E-state index in [1.807, 2.05) is 0 Å². The van der Waals surface area contributed by atoms with E-state index in [9.17, 15) is 23.5 Å². The number of ether oxygens (including phenoxy) is 2. The number of aromatic nitrogens is 1. The summed E-state index contributed by atoms with van der Waals surface area (Å²) in [5.74, 6) is -2.53. The second kappa shape index (κ2) is 8.42. The number of aliphatic hydroxyl groups excluding tert-OH is 1. The van der Waals surface area contributed by atoms with Gasteiger partial charge in [0, 0.05) is 5.56 Å². The number of anilines is 1. The Kier molecular flexibility index (Phi) is 5.18. The second-order valence-electron chi connectivity index (χ2n) is 8.19. The zero-order chi connectivity index (χ0) is 25.0. The standard InChI is InChI=1S/C26H16F2N2O5S/c27-15-3-1-2-13(10-15)22-21(23(31)14-4-7-18-19(11-14)35-9-8-34-18)24(32)25(33)30(22)26-29-17-6-5-16(28)12-20(17)36-26/h1-7,10-12,22,31H,8-9H2/b23-21+. The third kappa shape index (κ3) is 3.57. The van der Waals surface area contributed by atoms with E-state index in [0.29, 0.717) is 34.9 Å². The normalized spacial score (nSPS) is 18.7. The SMILES string of the molecule is O=C1C(=O)N(c2nc3ccc(F)cc3s2)C(c2cccc(F)c2)/C1=C(\O)c1ccc2c(c1)OCCO2. The molecule has 1 N–H and O–H groups in total. The number of Topliss-reactive ketones (excluding diaryl/α,β-unsaturated/α-hetero) is 1. The van der Waals surface area contributed by atoms with Crippen molar-refractivity contribution in [2.75, 3.05) is 18.1 Å². The Bertz CT molecular complexity index is 1600. The molecule has 10 heteroatoms. The van der Waals surface area contributed by atoms with Crippen molar-refractivity contribution in [2.24, 2.45) is 0 Å². The highest BCUT2D eigenvalue weighted by Gasteiger charge is 2.48. The Morgan fingerprint density at radius 1 is 0.972 bits per heavy atom. The van der Waals surface area contributed by atoms with Crippen molar-refractivity contribution < 1.29 is 33.0 Å². The van der Waals surface area contributed by atoms with Crippen LogP contribution < -0.4 is 14.4 Å². The molecule has 0 bridgehead atoms. The number of fused-ring (bicyclic) bond motifs is 2. The quantitative estimate of drug-likeness (QED) is 0.240. The van der Waals surface area contributed by atoms with E-state index in [0.717, 1.165) is 16.2 Å². The fraction of sp³-hybridized carbons (Fsp3) is 0.115. The van der Waals surface area contributed by atoms with Crippen molar-refractivity contribution >= 4 is 44.1 Å². The summed E-state index contributed by atoms with van der Waals surface area (Å²) in [6, 6.07) is 12.9. The van der Waals surface area contributed by atoms with Crippen LogP contribution in [0.3, 0.4) is 0 Å². The summed E-state index contributed by atoms with van der Waals surface area (Å²) >= 11 is 1.01. The fourth-order valence-corrected chi connectivity index (χ4v) is 5.37. The van der Waals surface area contributed by atoms with E-state index in [2.05, 4.69) is 4.98 Å². The molecular formula is C26H16F2N2O5S. The number of benzene rings is 3. The molecule has 2 aliphatic rings. The van der Waals surface area contributed by atoms with Gasteiger partial charge in [0.2, 0.25) is 0 Å². The van der Waals surface area contributed by atoms with Crippen molar-refractivity contribution in [3.8, 4) is 11.5 Å². The number of amides is 1. The summed E-state index contributed by atoms with van der Waals surface area (Å²) in [5, 5.41) is 11.4. The second-order valence-corrected chi connectivity index (χ2v) is 9.20. The van der Waals surface area contributed by atoms with E-state index in [1.165, 1.54) is 42.5 Å². The van der Waals surface area contributed by atoms with Crippen LogP contribution in [0.1, 0.15) is 17.2 Å². The zero-order valence-corrected chi connectivity index (χ0v) is 19.2. The van der Waals surface area contributed by atoms with Crippen LogP contribution in [0.15, 0.2) is 66.2 Å². The Morgan fingerprint density at radius 3 is 2.56 bits per heavy atom. The average molecular weight is 506 g/mol. The van der Waals surface area contributed by atoms with Gasteiger partial charge in [-0.3, -0.25) is 14.5 Å². The molecular weight excluding hydrogens is 490 g/mol. The fourth-order valence-electron chi connectivity index (χ4n) is 4.36. The number of hydrogen-bond acceptors (Lipinski definition) is 7. The van der Waals surface area contributed by atoms with Crippen LogP contribution in [-0.4, -0.2) is 35.0 Å². The van der Waals surface area contributed by atoms with E-state index in [4.69, 9.17) is 9.47 Å². The highest BCUT2D eigenvalue weighted by molar-refractivity contribution is 7.22. The van der Waals surface area contributed by atoms with E-state index < -0.39 is 35.1 Å². The van der Waals surface area contributed by atoms with Gasteiger partial charge in [-0.1, -0.05) is 23.5 Å². The number of carbonyl (C=O) groups is 2. The largest absolute Gasteiger partial charge is 0.507 e. The Morgan fingerprint density at radius 2 is 1.75 bits per heavy atom. The van der Waals surface area contributed by atoms with Crippen LogP contribution in [0, 0.1) is 11.6 Å². The van der Waals surface area contributed by atoms with Crippen molar-refractivity contribution in [1.29, 1.82) is 0 Å². The average Bonchev–Trinajstić information content (AvgIpc) is 3.41. The molecule has 0 spiro atoms. The first-order valence-corrected chi connectivity index (χ1v) is 11.7. The van der Waals surface area contributed by atoms with Gasteiger partial charge >= 0.3 is 5.91 Å². The van der Waals surface area contributed by atoms with Gasteiger partial charge in [0.1, 0.15) is 30.6 Å². The third-order valence-electron chi connectivity index (χ3n) is 5.97. The number of carbonyl (C=O) groups excluding carboxylic acids is 2. The zero-order valence-electron chi connectivity index (χ0n) is 18.4. The van der Waals surface area contributed by atoms with Crippen LogP contribution in [0.2, 0.25) is 0 Å². The number of ketones is 1. The lowest BCUT2D eigenvalue weighted by Gasteiger charge is -2.23. The van der Waals surface area contributed by atoms with E-state index >= 15 is 0 Å². The van der Waals surface area contributed by atoms with Gasteiger partial charge in [0.25, 0.3) is 5.78 Å². The molecule has 1 unspecified atom stereocenters. The summed E-state index contributed by atoms with van der Waals surface area (Å²) in [4.78, 5) is 32.1. The van der Waals surface area contributed by atoms with Gasteiger partial charge in [-0.25, -0.2) is 13.8 Å². The van der Waals surface area contributed by atoms with Crippen molar-refractivity contribution in [3.63, 3.8) is 0 Å². The predicted molar refractivity (Wildman–Crippen MR) is 128 cm³/mol. The summed E-state index contributed by atoms with van der Waals surface area (Å²) in [6.07, 6.45) is 0. The molecule has 180 valence electrons. The Labute approximate surface area is 206 Å². The van der Waals surface area contributed by atoms with Gasteiger partial charge in [-0.05, 0) is 54.1 Å². The van der Waals surface area contributed by atoms with Crippen molar-refractivity contribution in [1.82, 2.24) is 4.98 Å². The van der Waals surface area contributed by atoms with Crippen LogP contribution in [0.5, 0.6) is 11.5 Å². The number of thiazole rings is 1. The van der Waals surface area contributed by atoms with Gasteiger partial charge in [-0.2, -0.15) is 0 Å². The highest BCUT2D eigenvalue weighted by Crippen LogP contribution is 2.45. The maximum absolute atomic E-state index is 14.2. The maximum atomic E-state index is 14.2. The lowest BCUT2D eigenvalue weighted by atomic mass is 9.95. The van der Waals surface area contributed by atoms with Crippen molar-refractivity contribution in [3.05, 3.63) is 89.0 Å². The van der Waals surface area contributed by atoms with Gasteiger partial charge in [0.05, 0.1) is 21.8 Å². The molecule has 1 fully saturated rings. The predicted octanol–water partition coefficient (Wildman–Crippen LogP) is 4.97. The molecule has 0 aliphatic carbocycles. The van der Waals surface area contributed by atoms with Crippen LogP contribution in [-0.2, 0) is 9.59 Å². The summed E-state index contributed by atoms with van der Waals surface area (Å²) in [6.45, 7) is 0.707. The number of aliphatic hydroxyl groups is 1. The summed E-state index contributed by atoms with van der Waals surface area (Å²) < 4.78 is 39.6. The third-order valence-corrected chi connectivity index (χ3v) is 6.99. The number of nitrogens with zero attached hydrogens (tertiary/aromatic N) is 2. The molecule has 1 amide bonds. The molecule has 4 aromatic rings. The first-order valence-electron chi connectivity index (χ1n) is 10.9. The number of rotatable bonds is 3. The molecule has 1 aromatic heterocycles. The molecule has 6 rings (SSSR count). The molecule has 2 aliphatic heterocycles. The molecule has 1 saturated heterocycles. The lowest BCUT2D eigenvalue weighted by Crippen LogP contribution is -2.29. The summed E-state index contributed by atoms with van der Waals surface area (Å²) in [5.41, 5.74) is 0.694. The molecule has 1 atom stereocenters. The minimum Gasteiger partial charge on any atom is -0.507 e. The summed E-state index contributed by atoms with van der Waals surface area (Å²) in [7, 11) is 0. The lowest BCUT2D eigenvalue weighted by molar-refractivity contribution is -0.132. The maximum Gasteiger partial charge on any atom is 0.301 e. The molecule has 36 heavy (non-hydrogen) atoms. The minimum atomic E-state index is -1.17. The Balaban J connectivity index is 1.54. The first-order chi connectivity index (χ1) is 17.4. The molecule has 0 radical (unpaired) electrons. The smallest absolute Gasteiger partial charge is 0.301 e. The highest BCUT2D eigenvalue weighted by atomic mass is 32.1. The van der Waals surface area contributed by atoms with Gasteiger partial charge < -0.3 is 14.6 Å². The van der Waals surface area contributed by atoms with E-state index in [1.54, 1.807) is 18.2 Å². The number of halogens is 2. The Hall–Kier alpha value is -4.31.